The number of aryl methyl sites for hydroxylation is 1. The summed E-state index contributed by atoms with van der Waals surface area (Å²) in [6.45, 7) is 5.07. The van der Waals surface area contributed by atoms with Gasteiger partial charge in [-0.05, 0) is 47.5 Å². The Kier molecular flexibility index (Phi) is 4.87. The maximum atomic E-state index is 12.6. The number of benzene rings is 1. The number of nitrogens with zero attached hydrogens (tertiary/aromatic N) is 1. The Balaban J connectivity index is 2.22. The minimum absolute atomic E-state index is 0.0257. The van der Waals surface area contributed by atoms with Crippen LogP contribution >= 0.6 is 27.5 Å². The second kappa shape index (κ2) is 6.25. The zero-order valence-electron chi connectivity index (χ0n) is 11.0. The molecule has 0 radical (unpaired) electrons. The monoisotopic (exact) mass is 345 g/mol. The first-order valence-electron chi connectivity index (χ1n) is 6.27. The third-order valence-corrected chi connectivity index (χ3v) is 4.29. The lowest BCUT2D eigenvalue weighted by atomic mass is 10.1. The second-order valence-electron chi connectivity index (χ2n) is 4.90. The summed E-state index contributed by atoms with van der Waals surface area (Å²) in [7, 11) is 0. The van der Waals surface area contributed by atoms with E-state index in [9.17, 15) is 4.79 Å². The van der Waals surface area contributed by atoms with Crippen LogP contribution in [0, 0.1) is 6.92 Å². The van der Waals surface area contributed by atoms with E-state index >= 15 is 0 Å². The van der Waals surface area contributed by atoms with Gasteiger partial charge in [0.25, 0.3) is 5.91 Å². The number of hydrogen-bond acceptors (Lipinski definition) is 2. The summed E-state index contributed by atoms with van der Waals surface area (Å²) >= 11 is 9.29. The molecule has 0 bridgehead atoms. The van der Waals surface area contributed by atoms with E-state index in [-0.39, 0.29) is 18.1 Å². The van der Waals surface area contributed by atoms with E-state index in [4.69, 9.17) is 16.3 Å². The fraction of sp³-hybridized carbons (Fsp3) is 0.500. The van der Waals surface area contributed by atoms with Crippen molar-refractivity contribution < 1.29 is 9.53 Å². The fourth-order valence-corrected chi connectivity index (χ4v) is 2.99. The van der Waals surface area contributed by atoms with E-state index < -0.39 is 0 Å². The van der Waals surface area contributed by atoms with Crippen LogP contribution in [0.25, 0.3) is 0 Å². The first-order chi connectivity index (χ1) is 9.02. The van der Waals surface area contributed by atoms with Crippen LogP contribution in [-0.2, 0) is 4.74 Å². The van der Waals surface area contributed by atoms with Gasteiger partial charge in [-0.25, -0.2) is 0 Å². The van der Waals surface area contributed by atoms with Crippen LogP contribution in [-0.4, -0.2) is 42.0 Å². The van der Waals surface area contributed by atoms with Crippen molar-refractivity contribution >= 4 is 33.4 Å². The van der Waals surface area contributed by atoms with Gasteiger partial charge in [-0.2, -0.15) is 0 Å². The molecule has 5 heteroatoms. The number of rotatable bonds is 2. The van der Waals surface area contributed by atoms with Crippen molar-refractivity contribution in [2.75, 3.05) is 19.0 Å². The van der Waals surface area contributed by atoms with E-state index in [0.717, 1.165) is 10.0 Å². The van der Waals surface area contributed by atoms with E-state index in [2.05, 4.69) is 15.9 Å². The smallest absolute Gasteiger partial charge is 0.255 e. The number of ether oxygens (including phenoxy) is 1. The predicted molar refractivity (Wildman–Crippen MR) is 79.8 cm³/mol. The molecule has 1 aliphatic rings. The number of amides is 1. The van der Waals surface area contributed by atoms with Crippen LogP contribution in [0.4, 0.5) is 0 Å². The van der Waals surface area contributed by atoms with Gasteiger partial charge in [0.05, 0.1) is 30.2 Å². The molecule has 1 aliphatic heterocycles. The summed E-state index contributed by atoms with van der Waals surface area (Å²) in [5.41, 5.74) is 1.81. The van der Waals surface area contributed by atoms with Crippen LogP contribution < -0.4 is 0 Å². The molecule has 2 rings (SSSR count). The topological polar surface area (TPSA) is 29.5 Å². The molecule has 0 N–H and O–H groups in total. The molecule has 1 saturated heterocycles. The first-order valence-corrected chi connectivity index (χ1v) is 7.60. The third kappa shape index (κ3) is 3.30. The van der Waals surface area contributed by atoms with Crippen LogP contribution in [0.15, 0.2) is 22.7 Å². The molecular formula is C14H17BrClNO2. The largest absolute Gasteiger partial charge is 0.373 e. The molecule has 1 aromatic carbocycles. The number of carbonyl (C=O) groups excluding carboxylic acids is 1. The highest BCUT2D eigenvalue weighted by atomic mass is 79.9. The SMILES string of the molecule is Cc1ccc(C(=O)N2CC(CCl)OCC2C)c(Br)c1. The standard InChI is InChI=1S/C14H17BrClNO2/c1-9-3-4-12(13(15)5-9)14(18)17-7-11(6-16)19-8-10(17)2/h3-5,10-11H,6-8H2,1-2H3. The van der Waals surface area contributed by atoms with Gasteiger partial charge in [-0.15, -0.1) is 11.6 Å². The lowest BCUT2D eigenvalue weighted by molar-refractivity contribution is -0.0372. The Hall–Kier alpha value is -0.580. The Bertz CT molecular complexity index is 481. The van der Waals surface area contributed by atoms with Crippen LogP contribution in [0.1, 0.15) is 22.8 Å². The summed E-state index contributed by atoms with van der Waals surface area (Å²) in [5, 5.41) is 0. The lowest BCUT2D eigenvalue weighted by Gasteiger charge is -2.37. The summed E-state index contributed by atoms with van der Waals surface area (Å²) in [5.74, 6) is 0.434. The zero-order valence-corrected chi connectivity index (χ0v) is 13.4. The van der Waals surface area contributed by atoms with Gasteiger partial charge in [-0.1, -0.05) is 6.07 Å². The van der Waals surface area contributed by atoms with Crippen molar-refractivity contribution in [1.29, 1.82) is 0 Å². The molecule has 3 nitrogen and oxygen atoms in total. The summed E-state index contributed by atoms with van der Waals surface area (Å²) in [6.07, 6.45) is -0.0777. The van der Waals surface area contributed by atoms with Crippen molar-refractivity contribution in [3.8, 4) is 0 Å². The normalized spacial score (nSPS) is 23.5. The Morgan fingerprint density at radius 1 is 1.58 bits per heavy atom. The molecule has 19 heavy (non-hydrogen) atoms. The van der Waals surface area contributed by atoms with Gasteiger partial charge < -0.3 is 9.64 Å². The Labute approximate surface area is 127 Å². The molecule has 0 saturated carbocycles. The van der Waals surface area contributed by atoms with Gasteiger partial charge in [0.1, 0.15) is 0 Å². The molecular weight excluding hydrogens is 330 g/mol. The molecule has 1 amide bonds. The summed E-state index contributed by atoms with van der Waals surface area (Å²) < 4.78 is 6.40. The molecule has 104 valence electrons. The minimum Gasteiger partial charge on any atom is -0.373 e. The summed E-state index contributed by atoms with van der Waals surface area (Å²) in [4.78, 5) is 14.4. The maximum Gasteiger partial charge on any atom is 0.255 e. The lowest BCUT2D eigenvalue weighted by Crippen LogP contribution is -2.51. The van der Waals surface area contributed by atoms with Crippen LogP contribution in [0.3, 0.4) is 0 Å². The Morgan fingerprint density at radius 2 is 2.32 bits per heavy atom. The molecule has 1 heterocycles. The van der Waals surface area contributed by atoms with E-state index in [1.54, 1.807) is 0 Å². The maximum absolute atomic E-state index is 12.6. The Morgan fingerprint density at radius 3 is 2.95 bits per heavy atom. The second-order valence-corrected chi connectivity index (χ2v) is 6.06. The number of halogens is 2. The van der Waals surface area contributed by atoms with Crippen LogP contribution in [0.2, 0.25) is 0 Å². The van der Waals surface area contributed by atoms with E-state index in [1.807, 2.05) is 36.9 Å². The fourth-order valence-electron chi connectivity index (χ4n) is 2.14. The number of hydrogen-bond donors (Lipinski definition) is 0. The predicted octanol–water partition coefficient (Wildman–Crippen LogP) is 3.23. The van der Waals surface area contributed by atoms with E-state index in [0.29, 0.717) is 24.6 Å². The van der Waals surface area contributed by atoms with Crippen molar-refractivity contribution in [1.82, 2.24) is 4.90 Å². The molecule has 0 aliphatic carbocycles. The molecule has 2 unspecified atom stereocenters. The average Bonchev–Trinajstić information content (AvgIpc) is 2.38. The quantitative estimate of drug-likeness (QED) is 0.770. The molecule has 1 aromatic rings. The minimum atomic E-state index is -0.0777. The van der Waals surface area contributed by atoms with Crippen molar-refractivity contribution in [3.63, 3.8) is 0 Å². The molecule has 1 fully saturated rings. The van der Waals surface area contributed by atoms with Crippen molar-refractivity contribution in [3.05, 3.63) is 33.8 Å². The van der Waals surface area contributed by atoms with E-state index in [1.165, 1.54) is 0 Å². The highest BCUT2D eigenvalue weighted by molar-refractivity contribution is 9.10. The molecule has 2 atom stereocenters. The first kappa shape index (κ1) is 14.8. The number of alkyl halides is 1. The van der Waals surface area contributed by atoms with Gasteiger partial charge in [0.15, 0.2) is 0 Å². The molecule has 0 aromatic heterocycles. The zero-order chi connectivity index (χ0) is 14.0. The van der Waals surface area contributed by atoms with Crippen molar-refractivity contribution in [2.45, 2.75) is 26.0 Å². The van der Waals surface area contributed by atoms with Gasteiger partial charge in [-0.3, -0.25) is 4.79 Å². The van der Waals surface area contributed by atoms with Crippen LogP contribution in [0.5, 0.6) is 0 Å². The average molecular weight is 347 g/mol. The highest BCUT2D eigenvalue weighted by Gasteiger charge is 2.30. The van der Waals surface area contributed by atoms with Gasteiger partial charge >= 0.3 is 0 Å². The number of morpholine rings is 1. The third-order valence-electron chi connectivity index (χ3n) is 3.29. The van der Waals surface area contributed by atoms with Gasteiger partial charge in [0, 0.05) is 11.0 Å². The summed E-state index contributed by atoms with van der Waals surface area (Å²) in [6, 6.07) is 5.83. The number of carbonyl (C=O) groups is 1. The van der Waals surface area contributed by atoms with Crippen molar-refractivity contribution in [2.24, 2.45) is 0 Å². The molecule has 0 spiro atoms. The highest BCUT2D eigenvalue weighted by Crippen LogP contribution is 2.23. The van der Waals surface area contributed by atoms with Gasteiger partial charge in [0.2, 0.25) is 0 Å².